The van der Waals surface area contributed by atoms with Crippen LogP contribution in [0.1, 0.15) is 30.4 Å². The summed E-state index contributed by atoms with van der Waals surface area (Å²) in [7, 11) is 0. The van der Waals surface area contributed by atoms with Crippen LogP contribution in [0.25, 0.3) is 0 Å². The number of ether oxygens (including phenoxy) is 1. The van der Waals surface area contributed by atoms with Crippen LogP contribution in [0.4, 0.5) is 0 Å². The second-order valence-electron chi connectivity index (χ2n) is 5.37. The van der Waals surface area contributed by atoms with Gasteiger partial charge < -0.3 is 15.4 Å². The van der Waals surface area contributed by atoms with Crippen LogP contribution in [0.5, 0.6) is 5.75 Å². The molecule has 1 atom stereocenters. The molecule has 2 rings (SSSR count). The zero-order chi connectivity index (χ0) is 15.2. The maximum Gasteiger partial charge on any atom is 0.242 e. The number of carbonyl (C=O) groups excluding carboxylic acids is 2. The first-order valence-corrected chi connectivity index (χ1v) is 7.34. The predicted molar refractivity (Wildman–Crippen MR) is 80.2 cm³/mol. The van der Waals surface area contributed by atoms with E-state index in [0.29, 0.717) is 26.0 Å². The molecule has 1 heterocycles. The molecular formula is C16H22N2O3. The lowest BCUT2D eigenvalue weighted by atomic mass is 10.1. The Labute approximate surface area is 125 Å². The van der Waals surface area contributed by atoms with E-state index in [-0.39, 0.29) is 17.9 Å². The van der Waals surface area contributed by atoms with Crippen LogP contribution in [-0.2, 0) is 9.59 Å². The number of rotatable bonds is 6. The molecule has 114 valence electrons. The normalized spacial score (nSPS) is 17.4. The second-order valence-corrected chi connectivity index (χ2v) is 5.37. The Morgan fingerprint density at radius 3 is 2.71 bits per heavy atom. The van der Waals surface area contributed by atoms with Crippen LogP contribution in [0.2, 0.25) is 0 Å². The Kier molecular flexibility index (Phi) is 5.20. The summed E-state index contributed by atoms with van der Waals surface area (Å²) in [5.74, 6) is 0.772. The number of hydrogen-bond donors (Lipinski definition) is 2. The van der Waals surface area contributed by atoms with Crippen LogP contribution in [-0.4, -0.2) is 31.0 Å². The molecule has 1 aromatic carbocycles. The Balaban J connectivity index is 1.66. The van der Waals surface area contributed by atoms with E-state index in [1.165, 1.54) is 0 Å². The minimum Gasteiger partial charge on any atom is -0.493 e. The average Bonchev–Trinajstić information content (AvgIpc) is 2.88. The van der Waals surface area contributed by atoms with Gasteiger partial charge in [0.25, 0.3) is 0 Å². The molecule has 2 N–H and O–H groups in total. The average molecular weight is 290 g/mol. The van der Waals surface area contributed by atoms with Gasteiger partial charge in [0.15, 0.2) is 0 Å². The van der Waals surface area contributed by atoms with Gasteiger partial charge in [-0.3, -0.25) is 9.59 Å². The van der Waals surface area contributed by atoms with E-state index >= 15 is 0 Å². The molecule has 21 heavy (non-hydrogen) atoms. The van der Waals surface area contributed by atoms with E-state index < -0.39 is 0 Å². The Hall–Kier alpha value is -2.04. The first-order valence-electron chi connectivity index (χ1n) is 7.34. The Morgan fingerprint density at radius 2 is 2.10 bits per heavy atom. The summed E-state index contributed by atoms with van der Waals surface area (Å²) in [4.78, 5) is 22.8. The van der Waals surface area contributed by atoms with Crippen molar-refractivity contribution in [3.8, 4) is 5.75 Å². The summed E-state index contributed by atoms with van der Waals surface area (Å²) in [6, 6.07) is 5.69. The number of benzene rings is 1. The second kappa shape index (κ2) is 7.11. The predicted octanol–water partition coefficient (Wildman–Crippen LogP) is 1.47. The lowest BCUT2D eigenvalue weighted by Crippen LogP contribution is -2.42. The third kappa shape index (κ3) is 4.21. The number of para-hydroxylation sites is 1. The molecule has 0 radical (unpaired) electrons. The molecule has 2 amide bonds. The molecule has 0 bridgehead atoms. The quantitative estimate of drug-likeness (QED) is 0.780. The number of nitrogens with one attached hydrogen (secondary N) is 2. The van der Waals surface area contributed by atoms with Gasteiger partial charge in [0, 0.05) is 13.0 Å². The molecule has 1 saturated heterocycles. The van der Waals surface area contributed by atoms with Gasteiger partial charge in [0.2, 0.25) is 11.8 Å². The summed E-state index contributed by atoms with van der Waals surface area (Å²) >= 11 is 0. The summed E-state index contributed by atoms with van der Waals surface area (Å²) in [5.41, 5.74) is 2.24. The van der Waals surface area contributed by atoms with Crippen molar-refractivity contribution in [1.29, 1.82) is 0 Å². The number of hydrogen-bond acceptors (Lipinski definition) is 3. The monoisotopic (exact) mass is 290 g/mol. The van der Waals surface area contributed by atoms with Crippen LogP contribution < -0.4 is 15.4 Å². The lowest BCUT2D eigenvalue weighted by Gasteiger charge is -2.13. The van der Waals surface area contributed by atoms with Crippen molar-refractivity contribution < 1.29 is 14.3 Å². The zero-order valence-corrected chi connectivity index (χ0v) is 12.6. The van der Waals surface area contributed by atoms with Crippen LogP contribution in [0, 0.1) is 13.8 Å². The van der Waals surface area contributed by atoms with Crippen molar-refractivity contribution in [2.75, 3.05) is 13.2 Å². The highest BCUT2D eigenvalue weighted by molar-refractivity contribution is 5.90. The first-order chi connectivity index (χ1) is 10.1. The van der Waals surface area contributed by atoms with Gasteiger partial charge in [-0.25, -0.2) is 0 Å². The fourth-order valence-corrected chi connectivity index (χ4v) is 2.42. The summed E-state index contributed by atoms with van der Waals surface area (Å²) < 4.78 is 5.77. The van der Waals surface area contributed by atoms with Crippen molar-refractivity contribution in [3.05, 3.63) is 29.3 Å². The van der Waals surface area contributed by atoms with E-state index in [9.17, 15) is 9.59 Å². The van der Waals surface area contributed by atoms with Gasteiger partial charge in [-0.1, -0.05) is 18.2 Å². The minimum atomic E-state index is -0.364. The van der Waals surface area contributed by atoms with Crippen molar-refractivity contribution in [1.82, 2.24) is 10.6 Å². The molecule has 1 aliphatic rings. The smallest absolute Gasteiger partial charge is 0.242 e. The molecule has 1 aliphatic heterocycles. The zero-order valence-electron chi connectivity index (χ0n) is 12.6. The third-order valence-electron chi connectivity index (χ3n) is 3.59. The maximum atomic E-state index is 11.8. The molecule has 5 heteroatoms. The first kappa shape index (κ1) is 15.4. The van der Waals surface area contributed by atoms with Crippen LogP contribution in [0.15, 0.2) is 18.2 Å². The Bertz CT molecular complexity index is 508. The van der Waals surface area contributed by atoms with Crippen LogP contribution in [0.3, 0.4) is 0 Å². The largest absolute Gasteiger partial charge is 0.493 e. The van der Waals surface area contributed by atoms with E-state index in [1.54, 1.807) is 0 Å². The number of amides is 2. The standard InChI is InChI=1S/C16H22N2O3/c1-11-5-3-6-12(2)15(11)21-10-4-9-17-16(20)13-7-8-14(19)18-13/h3,5-6,13H,4,7-10H2,1-2H3,(H,17,20)(H,18,19)/t13-/m1/s1. The highest BCUT2D eigenvalue weighted by Gasteiger charge is 2.26. The summed E-state index contributed by atoms with van der Waals surface area (Å²) in [6.07, 6.45) is 1.76. The van der Waals surface area contributed by atoms with E-state index in [2.05, 4.69) is 10.6 Å². The molecule has 0 aliphatic carbocycles. The van der Waals surface area contributed by atoms with Crippen molar-refractivity contribution in [2.45, 2.75) is 39.2 Å². The topological polar surface area (TPSA) is 67.4 Å². The van der Waals surface area contributed by atoms with E-state index in [4.69, 9.17) is 4.74 Å². The highest BCUT2D eigenvalue weighted by Crippen LogP contribution is 2.22. The van der Waals surface area contributed by atoms with Gasteiger partial charge in [-0.15, -0.1) is 0 Å². The molecule has 0 unspecified atom stereocenters. The van der Waals surface area contributed by atoms with Crippen LogP contribution >= 0.6 is 0 Å². The van der Waals surface area contributed by atoms with Crippen molar-refractivity contribution in [2.24, 2.45) is 0 Å². The molecular weight excluding hydrogens is 268 g/mol. The van der Waals surface area contributed by atoms with Gasteiger partial charge in [-0.05, 0) is 37.8 Å². The fraction of sp³-hybridized carbons (Fsp3) is 0.500. The molecule has 1 fully saturated rings. The molecule has 0 aromatic heterocycles. The Morgan fingerprint density at radius 1 is 1.38 bits per heavy atom. The molecule has 0 spiro atoms. The van der Waals surface area contributed by atoms with Gasteiger partial charge in [0.1, 0.15) is 11.8 Å². The van der Waals surface area contributed by atoms with Crippen molar-refractivity contribution >= 4 is 11.8 Å². The van der Waals surface area contributed by atoms with E-state index in [1.807, 2.05) is 32.0 Å². The van der Waals surface area contributed by atoms with Gasteiger partial charge in [-0.2, -0.15) is 0 Å². The van der Waals surface area contributed by atoms with E-state index in [0.717, 1.165) is 23.3 Å². The van der Waals surface area contributed by atoms with Crippen molar-refractivity contribution in [3.63, 3.8) is 0 Å². The summed E-state index contributed by atoms with van der Waals surface area (Å²) in [5, 5.41) is 5.48. The molecule has 0 saturated carbocycles. The fourth-order valence-electron chi connectivity index (χ4n) is 2.42. The van der Waals surface area contributed by atoms with Gasteiger partial charge in [0.05, 0.1) is 6.61 Å². The SMILES string of the molecule is Cc1cccc(C)c1OCCCNC(=O)[C@H]1CCC(=O)N1. The molecule has 1 aromatic rings. The lowest BCUT2D eigenvalue weighted by molar-refractivity contribution is -0.125. The number of carbonyl (C=O) groups is 2. The molecule has 5 nitrogen and oxygen atoms in total. The maximum absolute atomic E-state index is 11.8. The minimum absolute atomic E-state index is 0.0477. The van der Waals surface area contributed by atoms with Gasteiger partial charge >= 0.3 is 0 Å². The third-order valence-corrected chi connectivity index (χ3v) is 3.59. The number of aryl methyl sites for hydroxylation is 2. The summed E-state index contributed by atoms with van der Waals surface area (Å²) in [6.45, 7) is 5.15. The highest BCUT2D eigenvalue weighted by atomic mass is 16.5.